The number of nitrogens with one attached hydrogen (secondary N) is 1. The molecule has 2 rings (SSSR count). The minimum absolute atomic E-state index is 0.169. The smallest absolute Gasteiger partial charge is 0.0674 e. The van der Waals surface area contributed by atoms with Gasteiger partial charge in [-0.1, -0.05) is 0 Å². The summed E-state index contributed by atoms with van der Waals surface area (Å²) in [5, 5.41) is 3.70. The first-order valence-electron chi connectivity index (χ1n) is 8.05. The van der Waals surface area contributed by atoms with E-state index in [4.69, 9.17) is 9.47 Å². The number of hydrogen-bond donors (Lipinski definition) is 1. The van der Waals surface area contributed by atoms with E-state index >= 15 is 0 Å². The van der Waals surface area contributed by atoms with E-state index in [1.165, 1.54) is 12.8 Å². The molecule has 118 valence electrons. The third-order valence-corrected chi connectivity index (χ3v) is 4.28. The van der Waals surface area contributed by atoms with Crippen molar-refractivity contribution in [1.29, 1.82) is 0 Å². The lowest BCUT2D eigenvalue weighted by atomic mass is 9.81. The van der Waals surface area contributed by atoms with Crippen molar-refractivity contribution in [1.82, 2.24) is 10.2 Å². The fourth-order valence-electron chi connectivity index (χ4n) is 3.19. The van der Waals surface area contributed by atoms with Crippen molar-refractivity contribution in [2.24, 2.45) is 5.41 Å². The monoisotopic (exact) mass is 284 g/mol. The number of hydrogen-bond acceptors (Lipinski definition) is 4. The summed E-state index contributed by atoms with van der Waals surface area (Å²) in [4.78, 5) is 2.56. The van der Waals surface area contributed by atoms with Crippen LogP contribution in [0.2, 0.25) is 0 Å². The molecule has 2 saturated heterocycles. The Balaban J connectivity index is 1.95. The van der Waals surface area contributed by atoms with Gasteiger partial charge in [0.1, 0.15) is 0 Å². The van der Waals surface area contributed by atoms with E-state index in [1.54, 1.807) is 0 Å². The van der Waals surface area contributed by atoms with E-state index in [2.05, 4.69) is 37.9 Å². The van der Waals surface area contributed by atoms with Gasteiger partial charge in [0.2, 0.25) is 0 Å². The first kappa shape index (κ1) is 16.2. The van der Waals surface area contributed by atoms with Gasteiger partial charge in [-0.05, 0) is 40.5 Å². The van der Waals surface area contributed by atoms with Gasteiger partial charge in [0.25, 0.3) is 0 Å². The molecule has 2 fully saturated rings. The highest BCUT2D eigenvalue weighted by atomic mass is 16.5. The molecule has 0 aliphatic carbocycles. The van der Waals surface area contributed by atoms with Crippen LogP contribution in [0, 0.1) is 5.41 Å². The highest BCUT2D eigenvalue weighted by Crippen LogP contribution is 2.30. The number of rotatable bonds is 4. The van der Waals surface area contributed by atoms with Crippen LogP contribution in [0.1, 0.15) is 40.5 Å². The van der Waals surface area contributed by atoms with E-state index in [0.717, 1.165) is 46.0 Å². The first-order valence-corrected chi connectivity index (χ1v) is 8.05. The Morgan fingerprint density at radius 3 is 2.70 bits per heavy atom. The molecule has 0 amide bonds. The Labute approximate surface area is 124 Å². The quantitative estimate of drug-likeness (QED) is 0.855. The minimum atomic E-state index is 0.169. The molecule has 2 aliphatic heterocycles. The first-order chi connectivity index (χ1) is 9.39. The summed E-state index contributed by atoms with van der Waals surface area (Å²) in [5.41, 5.74) is 0.436. The molecule has 0 aromatic heterocycles. The van der Waals surface area contributed by atoms with Crippen molar-refractivity contribution in [2.45, 2.75) is 52.2 Å². The molecule has 2 aliphatic rings. The van der Waals surface area contributed by atoms with Crippen molar-refractivity contribution < 1.29 is 9.47 Å². The largest absolute Gasteiger partial charge is 0.381 e. The van der Waals surface area contributed by atoms with Crippen LogP contribution >= 0.6 is 0 Å². The molecule has 20 heavy (non-hydrogen) atoms. The highest BCUT2D eigenvalue weighted by Gasteiger charge is 2.36. The molecule has 0 radical (unpaired) electrons. The maximum absolute atomic E-state index is 5.82. The highest BCUT2D eigenvalue weighted by molar-refractivity contribution is 4.90. The van der Waals surface area contributed by atoms with Gasteiger partial charge in [0.05, 0.1) is 19.3 Å². The molecular weight excluding hydrogens is 252 g/mol. The summed E-state index contributed by atoms with van der Waals surface area (Å²) in [5.74, 6) is 0. The fourth-order valence-corrected chi connectivity index (χ4v) is 3.19. The van der Waals surface area contributed by atoms with Crippen LogP contribution in [0.25, 0.3) is 0 Å². The summed E-state index contributed by atoms with van der Waals surface area (Å²) < 4.78 is 11.5. The summed E-state index contributed by atoms with van der Waals surface area (Å²) in [6, 6.07) is 0. The third-order valence-electron chi connectivity index (χ3n) is 4.28. The fraction of sp³-hybridized carbons (Fsp3) is 1.00. The van der Waals surface area contributed by atoms with Gasteiger partial charge in [-0.25, -0.2) is 0 Å². The molecule has 0 saturated carbocycles. The molecule has 0 spiro atoms. The Kier molecular flexibility index (Phi) is 5.46. The summed E-state index contributed by atoms with van der Waals surface area (Å²) in [6.45, 7) is 15.8. The Morgan fingerprint density at radius 2 is 2.10 bits per heavy atom. The lowest BCUT2D eigenvalue weighted by Crippen LogP contribution is -2.54. The van der Waals surface area contributed by atoms with Gasteiger partial charge in [0, 0.05) is 43.7 Å². The van der Waals surface area contributed by atoms with Gasteiger partial charge >= 0.3 is 0 Å². The van der Waals surface area contributed by atoms with Crippen molar-refractivity contribution in [3.8, 4) is 0 Å². The van der Waals surface area contributed by atoms with Crippen molar-refractivity contribution in [2.75, 3.05) is 46.0 Å². The number of morpholine rings is 1. The number of nitrogens with zero attached hydrogens (tertiary/aromatic N) is 1. The minimum Gasteiger partial charge on any atom is -0.381 e. The molecule has 2 heterocycles. The second kappa shape index (κ2) is 6.73. The van der Waals surface area contributed by atoms with Crippen LogP contribution in [0.3, 0.4) is 0 Å². The van der Waals surface area contributed by atoms with Gasteiger partial charge < -0.3 is 14.8 Å². The predicted octanol–water partition coefficient (Wildman–Crippen LogP) is 1.89. The van der Waals surface area contributed by atoms with Crippen LogP contribution < -0.4 is 5.32 Å². The summed E-state index contributed by atoms with van der Waals surface area (Å²) >= 11 is 0. The molecular formula is C16H32N2O2. The van der Waals surface area contributed by atoms with Gasteiger partial charge in [-0.15, -0.1) is 0 Å². The lowest BCUT2D eigenvalue weighted by molar-refractivity contribution is -0.0653. The average Bonchev–Trinajstić information content (AvgIpc) is 2.37. The average molecular weight is 284 g/mol. The summed E-state index contributed by atoms with van der Waals surface area (Å²) in [7, 11) is 0. The van der Waals surface area contributed by atoms with Gasteiger partial charge in [0.15, 0.2) is 0 Å². The Bertz CT molecular complexity index is 295. The molecule has 0 aromatic carbocycles. The van der Waals surface area contributed by atoms with E-state index < -0.39 is 0 Å². The van der Waals surface area contributed by atoms with Crippen molar-refractivity contribution in [3.05, 3.63) is 0 Å². The van der Waals surface area contributed by atoms with Crippen LogP contribution in [-0.2, 0) is 9.47 Å². The molecule has 0 aromatic rings. The number of ether oxygens (including phenoxy) is 2. The normalized spacial score (nSPS) is 33.3. The van der Waals surface area contributed by atoms with Crippen LogP contribution in [-0.4, -0.2) is 62.5 Å². The van der Waals surface area contributed by atoms with Gasteiger partial charge in [-0.2, -0.15) is 0 Å². The molecule has 2 atom stereocenters. The molecule has 4 nitrogen and oxygen atoms in total. The maximum atomic E-state index is 5.82. The second-order valence-electron chi connectivity index (χ2n) is 7.68. The SMILES string of the molecule is CC1CN(CC2(CNC(C)(C)C)CCCOC2)CCO1. The van der Waals surface area contributed by atoms with E-state index in [1.807, 2.05) is 0 Å². The van der Waals surface area contributed by atoms with Crippen molar-refractivity contribution >= 4 is 0 Å². The van der Waals surface area contributed by atoms with E-state index in [0.29, 0.717) is 6.10 Å². The van der Waals surface area contributed by atoms with E-state index in [-0.39, 0.29) is 11.0 Å². The standard InChI is InChI=1S/C16H32N2O2/c1-14-10-18(7-9-20-14)12-16(6-5-8-19-13-16)11-17-15(2,3)4/h14,17H,5-13H2,1-4H3. The molecule has 2 unspecified atom stereocenters. The zero-order valence-corrected chi connectivity index (χ0v) is 13.7. The predicted molar refractivity (Wildman–Crippen MR) is 82.1 cm³/mol. The van der Waals surface area contributed by atoms with Crippen LogP contribution in [0.5, 0.6) is 0 Å². The topological polar surface area (TPSA) is 33.7 Å². The van der Waals surface area contributed by atoms with Crippen LogP contribution in [0.4, 0.5) is 0 Å². The Morgan fingerprint density at radius 1 is 1.30 bits per heavy atom. The summed E-state index contributed by atoms with van der Waals surface area (Å²) in [6.07, 6.45) is 2.81. The second-order valence-corrected chi connectivity index (χ2v) is 7.68. The molecule has 4 heteroatoms. The lowest BCUT2D eigenvalue weighted by Gasteiger charge is -2.44. The van der Waals surface area contributed by atoms with Crippen molar-refractivity contribution in [3.63, 3.8) is 0 Å². The van der Waals surface area contributed by atoms with Gasteiger partial charge in [-0.3, -0.25) is 4.90 Å². The van der Waals surface area contributed by atoms with E-state index in [9.17, 15) is 0 Å². The zero-order chi connectivity index (χ0) is 14.6. The zero-order valence-electron chi connectivity index (χ0n) is 13.7. The van der Waals surface area contributed by atoms with Crippen LogP contribution in [0.15, 0.2) is 0 Å². The maximum Gasteiger partial charge on any atom is 0.0674 e. The molecule has 0 bridgehead atoms. The molecule has 1 N–H and O–H groups in total. The third kappa shape index (κ3) is 4.99. The Hall–Kier alpha value is -0.160.